The number of rotatable bonds is 9. The van der Waals surface area contributed by atoms with E-state index >= 15 is 0 Å². The molecule has 0 saturated heterocycles. The van der Waals surface area contributed by atoms with E-state index in [1.54, 1.807) is 6.21 Å². The fraction of sp³-hybridized carbons (Fsp3) is 0.333. The fourth-order valence-corrected chi connectivity index (χ4v) is 4.38. The highest BCUT2D eigenvalue weighted by atomic mass is 35.5. The molecule has 0 fully saturated rings. The zero-order valence-corrected chi connectivity index (χ0v) is 20.2. The summed E-state index contributed by atoms with van der Waals surface area (Å²) >= 11 is 7.94. The Bertz CT molecular complexity index is 1060. The first-order valence-corrected chi connectivity index (χ1v) is 11.6. The monoisotopic (exact) mass is 457 g/mol. The molecule has 31 heavy (non-hydrogen) atoms. The Morgan fingerprint density at radius 2 is 1.84 bits per heavy atom. The molecule has 2 aromatic carbocycles. The predicted octanol–water partition coefficient (Wildman–Crippen LogP) is 7.02. The van der Waals surface area contributed by atoms with Crippen LogP contribution >= 0.6 is 22.9 Å². The maximum atomic E-state index is 6.42. The van der Waals surface area contributed by atoms with Crippen molar-refractivity contribution in [2.45, 2.75) is 41.0 Å². The van der Waals surface area contributed by atoms with Crippen LogP contribution in [0.4, 0.5) is 5.13 Å². The minimum absolute atomic E-state index is 0.503. The summed E-state index contributed by atoms with van der Waals surface area (Å²) in [5.74, 6) is 1.19. The molecular formula is C24H28ClN3O2S. The molecule has 0 bridgehead atoms. The van der Waals surface area contributed by atoms with E-state index < -0.39 is 0 Å². The summed E-state index contributed by atoms with van der Waals surface area (Å²) in [4.78, 5) is 4.70. The number of hydrazone groups is 1. The smallest absolute Gasteiger partial charge is 0.203 e. The fourth-order valence-electron chi connectivity index (χ4n) is 3.46. The molecule has 0 spiro atoms. The summed E-state index contributed by atoms with van der Waals surface area (Å²) in [6, 6.07) is 8.05. The van der Waals surface area contributed by atoms with Crippen LogP contribution in [0.5, 0.6) is 11.5 Å². The van der Waals surface area contributed by atoms with Gasteiger partial charge in [-0.25, -0.2) is 4.98 Å². The molecule has 1 aromatic heterocycles. The molecule has 0 amide bonds. The Balaban J connectivity index is 1.76. The number of thiazole rings is 1. The minimum Gasteiger partial charge on any atom is -0.490 e. The van der Waals surface area contributed by atoms with E-state index in [-0.39, 0.29) is 0 Å². The highest BCUT2D eigenvalue weighted by Gasteiger charge is 2.13. The predicted molar refractivity (Wildman–Crippen MR) is 131 cm³/mol. The molecule has 5 nitrogen and oxygen atoms in total. The van der Waals surface area contributed by atoms with Gasteiger partial charge in [-0.3, -0.25) is 5.43 Å². The van der Waals surface area contributed by atoms with Crippen molar-refractivity contribution in [1.29, 1.82) is 0 Å². The van der Waals surface area contributed by atoms with Gasteiger partial charge in [-0.15, -0.1) is 11.3 Å². The van der Waals surface area contributed by atoms with E-state index in [2.05, 4.69) is 43.4 Å². The van der Waals surface area contributed by atoms with E-state index in [4.69, 9.17) is 26.1 Å². The van der Waals surface area contributed by atoms with E-state index in [1.165, 1.54) is 33.6 Å². The number of halogens is 1. The number of benzene rings is 2. The van der Waals surface area contributed by atoms with Crippen LogP contribution < -0.4 is 14.9 Å². The third kappa shape index (κ3) is 5.77. The lowest BCUT2D eigenvalue weighted by Crippen LogP contribution is -2.02. The van der Waals surface area contributed by atoms with Crippen LogP contribution in [-0.4, -0.2) is 24.4 Å². The lowest BCUT2D eigenvalue weighted by molar-refractivity contribution is 0.277. The normalized spacial score (nSPS) is 11.2. The van der Waals surface area contributed by atoms with Gasteiger partial charge in [-0.2, -0.15) is 5.10 Å². The SMILES string of the molecule is CCCOc1c(Cl)cc(/C=N\Nc2nc(-c3c(C)cc(C)cc3C)cs2)cc1OCC. The molecule has 0 atom stereocenters. The van der Waals surface area contributed by atoms with Gasteiger partial charge in [0.1, 0.15) is 0 Å². The molecule has 3 aromatic rings. The van der Waals surface area contributed by atoms with Crippen LogP contribution in [0.3, 0.4) is 0 Å². The Hall–Kier alpha value is -2.57. The number of ether oxygens (including phenoxy) is 2. The Kier molecular flexibility index (Phi) is 7.93. The number of hydrogen-bond donors (Lipinski definition) is 1. The van der Waals surface area contributed by atoms with Crippen molar-refractivity contribution in [3.05, 3.63) is 56.9 Å². The molecule has 1 N–H and O–H groups in total. The van der Waals surface area contributed by atoms with Crippen molar-refractivity contribution in [3.63, 3.8) is 0 Å². The number of hydrogen-bond acceptors (Lipinski definition) is 6. The standard InChI is InChI=1S/C24H28ClN3O2S/c1-6-8-30-23-19(25)11-18(12-21(23)29-7-2)13-26-28-24-27-20(14-31-24)22-16(4)9-15(3)10-17(22)5/h9-14H,6-8H2,1-5H3,(H,27,28)/b26-13-. The Morgan fingerprint density at radius 3 is 2.52 bits per heavy atom. The van der Waals surface area contributed by atoms with Crippen molar-refractivity contribution >= 4 is 34.3 Å². The number of aryl methyl sites for hydroxylation is 3. The van der Waals surface area contributed by atoms with Gasteiger partial charge in [-0.05, 0) is 62.9 Å². The van der Waals surface area contributed by atoms with Gasteiger partial charge in [0.05, 0.1) is 30.1 Å². The highest BCUT2D eigenvalue weighted by Crippen LogP contribution is 2.36. The van der Waals surface area contributed by atoms with Gasteiger partial charge in [0.2, 0.25) is 5.13 Å². The number of anilines is 1. The maximum Gasteiger partial charge on any atom is 0.203 e. The van der Waals surface area contributed by atoms with Gasteiger partial charge in [0, 0.05) is 10.9 Å². The van der Waals surface area contributed by atoms with Crippen LogP contribution in [0, 0.1) is 20.8 Å². The van der Waals surface area contributed by atoms with E-state index in [9.17, 15) is 0 Å². The van der Waals surface area contributed by atoms with Gasteiger partial charge in [0.25, 0.3) is 0 Å². The topological polar surface area (TPSA) is 55.7 Å². The average molecular weight is 458 g/mol. The molecule has 0 aliphatic carbocycles. The first-order chi connectivity index (χ1) is 14.9. The Labute approximate surface area is 193 Å². The molecule has 164 valence electrons. The van der Waals surface area contributed by atoms with E-state index in [1.807, 2.05) is 31.4 Å². The van der Waals surface area contributed by atoms with Crippen molar-refractivity contribution < 1.29 is 9.47 Å². The van der Waals surface area contributed by atoms with Crippen LogP contribution in [-0.2, 0) is 0 Å². The van der Waals surface area contributed by atoms with Crippen molar-refractivity contribution in [2.24, 2.45) is 5.10 Å². The summed E-state index contributed by atoms with van der Waals surface area (Å²) in [5.41, 5.74) is 9.66. The van der Waals surface area contributed by atoms with Crippen LogP contribution in [0.25, 0.3) is 11.3 Å². The second-order valence-electron chi connectivity index (χ2n) is 7.29. The van der Waals surface area contributed by atoms with Crippen molar-refractivity contribution in [2.75, 3.05) is 18.6 Å². The largest absolute Gasteiger partial charge is 0.490 e. The second kappa shape index (κ2) is 10.6. The zero-order chi connectivity index (χ0) is 22.4. The number of nitrogens with zero attached hydrogens (tertiary/aromatic N) is 2. The summed E-state index contributed by atoms with van der Waals surface area (Å²) in [6.45, 7) is 11.4. The van der Waals surface area contributed by atoms with Crippen LogP contribution in [0.2, 0.25) is 5.02 Å². The molecule has 0 aliphatic heterocycles. The van der Waals surface area contributed by atoms with Crippen LogP contribution in [0.1, 0.15) is 42.5 Å². The molecule has 0 saturated carbocycles. The summed E-state index contributed by atoms with van der Waals surface area (Å²) in [5, 5.41) is 7.61. The average Bonchev–Trinajstić information content (AvgIpc) is 3.15. The highest BCUT2D eigenvalue weighted by molar-refractivity contribution is 7.14. The molecule has 0 radical (unpaired) electrons. The lowest BCUT2D eigenvalue weighted by Gasteiger charge is -2.13. The summed E-state index contributed by atoms with van der Waals surface area (Å²) in [7, 11) is 0. The third-order valence-corrected chi connectivity index (χ3v) is 5.62. The quantitative estimate of drug-likeness (QED) is 0.277. The van der Waals surface area contributed by atoms with Crippen molar-refractivity contribution in [3.8, 4) is 22.8 Å². The first-order valence-electron chi connectivity index (χ1n) is 10.3. The second-order valence-corrected chi connectivity index (χ2v) is 8.56. The lowest BCUT2D eigenvalue weighted by atomic mass is 9.98. The van der Waals surface area contributed by atoms with E-state index in [0.29, 0.717) is 29.7 Å². The summed E-state index contributed by atoms with van der Waals surface area (Å²) in [6.07, 6.45) is 2.59. The number of aromatic nitrogens is 1. The van der Waals surface area contributed by atoms with Crippen LogP contribution in [0.15, 0.2) is 34.7 Å². The molecule has 3 rings (SSSR count). The van der Waals surface area contributed by atoms with Gasteiger partial charge < -0.3 is 9.47 Å². The molecular weight excluding hydrogens is 430 g/mol. The Morgan fingerprint density at radius 1 is 1.10 bits per heavy atom. The molecule has 0 unspecified atom stereocenters. The van der Waals surface area contributed by atoms with Gasteiger partial charge in [-0.1, -0.05) is 36.2 Å². The third-order valence-electron chi connectivity index (χ3n) is 4.59. The molecule has 0 aliphatic rings. The minimum atomic E-state index is 0.503. The van der Waals surface area contributed by atoms with Crippen molar-refractivity contribution in [1.82, 2.24) is 4.98 Å². The summed E-state index contributed by atoms with van der Waals surface area (Å²) < 4.78 is 11.4. The first kappa shape index (κ1) is 23.1. The van der Waals surface area contributed by atoms with Gasteiger partial charge >= 0.3 is 0 Å². The molecule has 1 heterocycles. The maximum absolute atomic E-state index is 6.42. The number of nitrogens with one attached hydrogen (secondary N) is 1. The van der Waals surface area contributed by atoms with E-state index in [0.717, 1.165) is 22.8 Å². The zero-order valence-electron chi connectivity index (χ0n) is 18.6. The van der Waals surface area contributed by atoms with Gasteiger partial charge in [0.15, 0.2) is 11.5 Å². The molecule has 7 heteroatoms.